The van der Waals surface area contributed by atoms with Crippen LogP contribution in [0.3, 0.4) is 0 Å². The first-order valence-corrected chi connectivity index (χ1v) is 10.1. The fraction of sp³-hybridized carbons (Fsp3) is 0.429. The molecule has 0 aliphatic carbocycles. The lowest BCUT2D eigenvalue weighted by molar-refractivity contribution is 0.0937. The molecule has 1 aliphatic rings. The Bertz CT molecular complexity index is 778. The van der Waals surface area contributed by atoms with E-state index >= 15 is 0 Å². The summed E-state index contributed by atoms with van der Waals surface area (Å²) in [5.41, 5.74) is 3.17. The third kappa shape index (κ3) is 4.46. The molecule has 26 heavy (non-hydrogen) atoms. The normalized spacial score (nSPS) is 17.4. The standard InChI is InChI=1S/C21H27N3OS/c1-4-24-12-6-7-17(24)14-23-20(25)19-8-5-11-22-21(19)26-18-10-9-15(2)16(3)13-18/h5,8-11,13,17H,4,6-7,12,14H2,1-3H3,(H,23,25). The number of nitrogens with one attached hydrogen (secondary N) is 1. The minimum Gasteiger partial charge on any atom is -0.350 e. The van der Waals surface area contributed by atoms with Crippen LogP contribution in [0.2, 0.25) is 0 Å². The minimum atomic E-state index is -0.0348. The number of likely N-dealkylation sites (N-methyl/N-ethyl adjacent to an activating group) is 1. The number of amides is 1. The average molecular weight is 370 g/mol. The Labute approximate surface area is 160 Å². The summed E-state index contributed by atoms with van der Waals surface area (Å²) in [5, 5.41) is 3.87. The summed E-state index contributed by atoms with van der Waals surface area (Å²) in [7, 11) is 0. The predicted octanol–water partition coefficient (Wildman–Crippen LogP) is 4.06. The number of rotatable bonds is 6. The molecule has 0 spiro atoms. The summed E-state index contributed by atoms with van der Waals surface area (Å²) in [6.07, 6.45) is 4.12. The van der Waals surface area contributed by atoms with Gasteiger partial charge in [-0.2, -0.15) is 0 Å². The number of carbonyl (C=O) groups excluding carboxylic acids is 1. The van der Waals surface area contributed by atoms with Crippen molar-refractivity contribution in [1.82, 2.24) is 15.2 Å². The second-order valence-corrected chi connectivity index (χ2v) is 7.90. The summed E-state index contributed by atoms with van der Waals surface area (Å²) >= 11 is 1.55. The summed E-state index contributed by atoms with van der Waals surface area (Å²) in [4.78, 5) is 20.7. The molecule has 0 bridgehead atoms. The molecule has 4 nitrogen and oxygen atoms in total. The van der Waals surface area contributed by atoms with E-state index in [1.54, 1.807) is 18.0 Å². The van der Waals surface area contributed by atoms with Crippen LogP contribution in [-0.4, -0.2) is 41.5 Å². The van der Waals surface area contributed by atoms with E-state index in [1.165, 1.54) is 17.5 Å². The van der Waals surface area contributed by atoms with Gasteiger partial charge in [-0.15, -0.1) is 0 Å². The Kier molecular flexibility index (Phi) is 6.33. The number of carbonyl (C=O) groups is 1. The van der Waals surface area contributed by atoms with Crippen LogP contribution >= 0.6 is 11.8 Å². The largest absolute Gasteiger partial charge is 0.350 e. The molecule has 138 valence electrons. The molecule has 2 heterocycles. The Morgan fingerprint density at radius 2 is 2.15 bits per heavy atom. The molecule has 1 aromatic carbocycles. The number of pyridine rings is 1. The lowest BCUT2D eigenvalue weighted by atomic mass is 10.1. The zero-order valence-corrected chi connectivity index (χ0v) is 16.6. The maximum Gasteiger partial charge on any atom is 0.254 e. The van der Waals surface area contributed by atoms with Gasteiger partial charge in [0.25, 0.3) is 5.91 Å². The number of hydrogen-bond donors (Lipinski definition) is 1. The van der Waals surface area contributed by atoms with Crippen molar-refractivity contribution in [3.05, 3.63) is 53.2 Å². The maximum atomic E-state index is 12.7. The van der Waals surface area contributed by atoms with E-state index in [0.717, 1.165) is 29.4 Å². The highest BCUT2D eigenvalue weighted by Gasteiger charge is 2.24. The first-order valence-electron chi connectivity index (χ1n) is 9.31. The lowest BCUT2D eigenvalue weighted by Gasteiger charge is -2.23. The van der Waals surface area contributed by atoms with E-state index in [-0.39, 0.29) is 5.91 Å². The van der Waals surface area contributed by atoms with Crippen LogP contribution in [0.15, 0.2) is 46.5 Å². The van der Waals surface area contributed by atoms with Crippen LogP contribution in [0.5, 0.6) is 0 Å². The quantitative estimate of drug-likeness (QED) is 0.834. The lowest BCUT2D eigenvalue weighted by Crippen LogP contribution is -2.40. The van der Waals surface area contributed by atoms with E-state index in [0.29, 0.717) is 18.2 Å². The van der Waals surface area contributed by atoms with E-state index in [9.17, 15) is 4.79 Å². The predicted molar refractivity (Wildman–Crippen MR) is 107 cm³/mol. The van der Waals surface area contributed by atoms with Gasteiger partial charge in [-0.1, -0.05) is 24.8 Å². The minimum absolute atomic E-state index is 0.0348. The molecule has 1 amide bonds. The van der Waals surface area contributed by atoms with Crippen LogP contribution in [-0.2, 0) is 0 Å². The highest BCUT2D eigenvalue weighted by Crippen LogP contribution is 2.30. The molecule has 5 heteroatoms. The molecule has 3 rings (SSSR count). The molecule has 1 fully saturated rings. The Hall–Kier alpha value is -1.85. The molecule has 1 atom stereocenters. The summed E-state index contributed by atoms with van der Waals surface area (Å²) in [5.74, 6) is -0.0348. The molecular formula is C21H27N3OS. The smallest absolute Gasteiger partial charge is 0.254 e. The third-order valence-corrected chi connectivity index (χ3v) is 6.12. The molecule has 2 aromatic rings. The fourth-order valence-corrected chi connectivity index (χ4v) is 4.36. The van der Waals surface area contributed by atoms with Gasteiger partial charge in [0.15, 0.2) is 0 Å². The van der Waals surface area contributed by atoms with Crippen molar-refractivity contribution >= 4 is 17.7 Å². The van der Waals surface area contributed by atoms with E-state index in [4.69, 9.17) is 0 Å². The first-order chi connectivity index (χ1) is 12.6. The molecule has 1 aromatic heterocycles. The summed E-state index contributed by atoms with van der Waals surface area (Å²) in [6.45, 7) is 9.27. The molecule has 0 saturated carbocycles. The molecular weight excluding hydrogens is 342 g/mol. The number of aryl methyl sites for hydroxylation is 2. The Morgan fingerprint density at radius 1 is 1.31 bits per heavy atom. The highest BCUT2D eigenvalue weighted by atomic mass is 32.2. The van der Waals surface area contributed by atoms with Crippen LogP contribution in [0.25, 0.3) is 0 Å². The molecule has 0 radical (unpaired) electrons. The van der Waals surface area contributed by atoms with Gasteiger partial charge >= 0.3 is 0 Å². The van der Waals surface area contributed by atoms with Crippen LogP contribution in [0.1, 0.15) is 41.3 Å². The van der Waals surface area contributed by atoms with E-state index in [1.807, 2.05) is 12.1 Å². The summed E-state index contributed by atoms with van der Waals surface area (Å²) < 4.78 is 0. The molecule has 1 aliphatic heterocycles. The van der Waals surface area contributed by atoms with E-state index in [2.05, 4.69) is 54.2 Å². The monoisotopic (exact) mass is 369 g/mol. The molecule has 1 N–H and O–H groups in total. The van der Waals surface area contributed by atoms with Crippen molar-refractivity contribution in [2.75, 3.05) is 19.6 Å². The van der Waals surface area contributed by atoms with Crippen molar-refractivity contribution in [3.8, 4) is 0 Å². The van der Waals surface area contributed by atoms with Crippen LogP contribution in [0, 0.1) is 13.8 Å². The van der Waals surface area contributed by atoms with Gasteiger partial charge in [0.1, 0.15) is 5.03 Å². The second kappa shape index (κ2) is 8.69. The number of likely N-dealkylation sites (tertiary alicyclic amines) is 1. The van der Waals surface area contributed by atoms with Crippen molar-refractivity contribution < 1.29 is 4.79 Å². The zero-order chi connectivity index (χ0) is 18.5. The molecule has 1 unspecified atom stereocenters. The van der Waals surface area contributed by atoms with Gasteiger partial charge < -0.3 is 5.32 Å². The Balaban J connectivity index is 1.69. The topological polar surface area (TPSA) is 45.2 Å². The van der Waals surface area contributed by atoms with Gasteiger partial charge in [0.2, 0.25) is 0 Å². The number of aromatic nitrogens is 1. The average Bonchev–Trinajstić information content (AvgIpc) is 3.11. The highest BCUT2D eigenvalue weighted by molar-refractivity contribution is 7.99. The van der Waals surface area contributed by atoms with Crippen LogP contribution < -0.4 is 5.32 Å². The van der Waals surface area contributed by atoms with Gasteiger partial charge in [-0.25, -0.2) is 4.98 Å². The van der Waals surface area contributed by atoms with Gasteiger partial charge in [-0.3, -0.25) is 9.69 Å². The van der Waals surface area contributed by atoms with Crippen molar-refractivity contribution in [1.29, 1.82) is 0 Å². The molecule has 1 saturated heterocycles. The first kappa shape index (κ1) is 18.9. The van der Waals surface area contributed by atoms with Gasteiger partial charge in [0.05, 0.1) is 5.56 Å². The van der Waals surface area contributed by atoms with Gasteiger partial charge in [-0.05, 0) is 75.2 Å². The number of benzene rings is 1. The number of nitrogens with zero attached hydrogens (tertiary/aromatic N) is 2. The SMILES string of the molecule is CCN1CCCC1CNC(=O)c1cccnc1Sc1ccc(C)c(C)c1. The number of hydrogen-bond acceptors (Lipinski definition) is 4. The van der Waals surface area contributed by atoms with Crippen molar-refractivity contribution in [2.45, 2.75) is 49.6 Å². The van der Waals surface area contributed by atoms with Crippen molar-refractivity contribution in [3.63, 3.8) is 0 Å². The summed E-state index contributed by atoms with van der Waals surface area (Å²) in [6, 6.07) is 10.5. The van der Waals surface area contributed by atoms with Crippen molar-refractivity contribution in [2.24, 2.45) is 0 Å². The second-order valence-electron chi connectivity index (χ2n) is 6.84. The Morgan fingerprint density at radius 3 is 2.92 bits per heavy atom. The van der Waals surface area contributed by atoms with Crippen LogP contribution in [0.4, 0.5) is 0 Å². The van der Waals surface area contributed by atoms with E-state index < -0.39 is 0 Å². The zero-order valence-electron chi connectivity index (χ0n) is 15.8. The third-order valence-electron chi connectivity index (χ3n) is 5.11. The maximum absolute atomic E-state index is 12.7. The van der Waals surface area contributed by atoms with Gasteiger partial charge in [0, 0.05) is 23.7 Å². The fourth-order valence-electron chi connectivity index (χ4n) is 3.38.